The Morgan fingerprint density at radius 3 is 2.48 bits per heavy atom. The highest BCUT2D eigenvalue weighted by Crippen LogP contribution is 2.23. The van der Waals surface area contributed by atoms with Crippen molar-refractivity contribution in [2.45, 2.75) is 19.4 Å². The highest BCUT2D eigenvalue weighted by molar-refractivity contribution is 5.85. The molecule has 0 saturated carbocycles. The van der Waals surface area contributed by atoms with Crippen LogP contribution in [0.3, 0.4) is 0 Å². The Balaban J connectivity index is 0.00000182. The number of benzene rings is 1. The van der Waals surface area contributed by atoms with Crippen LogP contribution in [0.2, 0.25) is 0 Å². The number of carbonyl (C=O) groups is 1. The van der Waals surface area contributed by atoms with Crippen LogP contribution in [0.4, 0.5) is 0 Å². The number of hydrogen-bond donors (Lipinski definition) is 1. The zero-order valence-electron chi connectivity index (χ0n) is 15.6. The molecule has 0 radical (unpaired) electrons. The van der Waals surface area contributed by atoms with Gasteiger partial charge in [-0.1, -0.05) is 35.5 Å². The minimum Gasteiger partial charge on any atom is -0.340 e. The summed E-state index contributed by atoms with van der Waals surface area (Å²) in [7, 11) is 1.86. The fraction of sp³-hybridized carbons (Fsp3) is 0.500. The Morgan fingerprint density at radius 2 is 1.85 bits per heavy atom. The first-order valence-corrected chi connectivity index (χ1v) is 8.74. The normalized spacial score (nSPS) is 15.6. The maximum absolute atomic E-state index is 12.1. The van der Waals surface area contributed by atoms with Gasteiger partial charge in [-0.2, -0.15) is 4.98 Å². The average molecular weight is 416 g/mol. The van der Waals surface area contributed by atoms with Gasteiger partial charge in [0.05, 0.1) is 6.04 Å². The van der Waals surface area contributed by atoms with Gasteiger partial charge in [-0.05, 0) is 14.0 Å². The third-order valence-corrected chi connectivity index (χ3v) is 4.63. The first-order chi connectivity index (χ1) is 12.2. The van der Waals surface area contributed by atoms with Crippen LogP contribution in [0.15, 0.2) is 34.9 Å². The second kappa shape index (κ2) is 11.2. The van der Waals surface area contributed by atoms with Crippen LogP contribution in [0.1, 0.15) is 25.3 Å². The number of rotatable bonds is 6. The molecule has 1 amide bonds. The number of hydrogen-bond acceptors (Lipinski definition) is 6. The SMILES string of the molecule is CNCCC(=O)N1CCN(C(C)c2nc(-c3ccccc3)no2)CC1.Cl.Cl. The summed E-state index contributed by atoms with van der Waals surface area (Å²) in [6.07, 6.45) is 0.552. The summed E-state index contributed by atoms with van der Waals surface area (Å²) in [5.74, 6) is 1.45. The molecular formula is C18H27Cl2N5O2. The van der Waals surface area contributed by atoms with Gasteiger partial charge in [0, 0.05) is 44.7 Å². The van der Waals surface area contributed by atoms with Crippen molar-refractivity contribution >= 4 is 30.7 Å². The van der Waals surface area contributed by atoms with Crippen molar-refractivity contribution in [3.63, 3.8) is 0 Å². The lowest BCUT2D eigenvalue weighted by Gasteiger charge is -2.36. The number of halogens is 2. The van der Waals surface area contributed by atoms with E-state index in [4.69, 9.17) is 4.52 Å². The van der Waals surface area contributed by atoms with E-state index in [1.165, 1.54) is 0 Å². The van der Waals surface area contributed by atoms with E-state index in [-0.39, 0.29) is 36.8 Å². The molecule has 1 unspecified atom stereocenters. The van der Waals surface area contributed by atoms with Crippen LogP contribution in [0.25, 0.3) is 11.4 Å². The van der Waals surface area contributed by atoms with Crippen LogP contribution in [-0.2, 0) is 4.79 Å². The molecule has 9 heteroatoms. The molecule has 27 heavy (non-hydrogen) atoms. The molecule has 1 saturated heterocycles. The van der Waals surface area contributed by atoms with Crippen LogP contribution >= 0.6 is 24.8 Å². The number of carbonyl (C=O) groups excluding carboxylic acids is 1. The summed E-state index contributed by atoms with van der Waals surface area (Å²) in [6, 6.07) is 9.85. The van der Waals surface area contributed by atoms with Gasteiger partial charge in [0.15, 0.2) is 0 Å². The zero-order chi connectivity index (χ0) is 17.6. The number of aromatic nitrogens is 2. The van der Waals surface area contributed by atoms with Gasteiger partial charge < -0.3 is 14.7 Å². The Morgan fingerprint density at radius 1 is 1.19 bits per heavy atom. The van der Waals surface area contributed by atoms with Crippen LogP contribution in [-0.4, -0.2) is 65.6 Å². The van der Waals surface area contributed by atoms with Gasteiger partial charge in [-0.15, -0.1) is 24.8 Å². The van der Waals surface area contributed by atoms with Crippen molar-refractivity contribution in [3.8, 4) is 11.4 Å². The van der Waals surface area contributed by atoms with Gasteiger partial charge >= 0.3 is 0 Å². The van der Waals surface area contributed by atoms with Crippen molar-refractivity contribution < 1.29 is 9.32 Å². The number of nitrogens with zero attached hydrogens (tertiary/aromatic N) is 4. The van der Waals surface area contributed by atoms with E-state index in [2.05, 4.69) is 27.3 Å². The molecule has 0 spiro atoms. The molecule has 1 aromatic carbocycles. The maximum atomic E-state index is 12.1. The Labute approximate surface area is 172 Å². The van der Waals surface area contributed by atoms with E-state index in [0.717, 1.165) is 38.3 Å². The zero-order valence-corrected chi connectivity index (χ0v) is 17.3. The smallest absolute Gasteiger partial charge is 0.244 e. The molecule has 2 aromatic rings. The summed E-state index contributed by atoms with van der Waals surface area (Å²) in [4.78, 5) is 20.8. The minimum absolute atomic E-state index is 0. The van der Waals surface area contributed by atoms with E-state index in [9.17, 15) is 4.79 Å². The van der Waals surface area contributed by atoms with E-state index in [1.807, 2.05) is 42.3 Å². The van der Waals surface area contributed by atoms with Gasteiger partial charge in [-0.25, -0.2) is 0 Å². The molecule has 1 aliphatic heterocycles. The summed E-state index contributed by atoms with van der Waals surface area (Å²) in [5, 5.41) is 7.11. The minimum atomic E-state index is 0. The van der Waals surface area contributed by atoms with Gasteiger partial charge in [-0.3, -0.25) is 9.69 Å². The first-order valence-electron chi connectivity index (χ1n) is 8.74. The van der Waals surface area contributed by atoms with Crippen molar-refractivity contribution in [2.75, 3.05) is 39.8 Å². The number of piperazine rings is 1. The standard InChI is InChI=1S/C18H25N5O2.2ClH/c1-14(18-20-17(21-25-18)15-6-4-3-5-7-15)22-10-12-23(13-11-22)16(24)8-9-19-2;;/h3-7,14,19H,8-13H2,1-2H3;2*1H. The monoisotopic (exact) mass is 415 g/mol. The van der Waals surface area contributed by atoms with E-state index in [1.54, 1.807) is 0 Å². The largest absolute Gasteiger partial charge is 0.340 e. The molecule has 0 bridgehead atoms. The van der Waals surface area contributed by atoms with Crippen molar-refractivity contribution in [1.29, 1.82) is 0 Å². The fourth-order valence-corrected chi connectivity index (χ4v) is 3.01. The third-order valence-electron chi connectivity index (χ3n) is 4.63. The van der Waals surface area contributed by atoms with Gasteiger partial charge in [0.1, 0.15) is 0 Å². The van der Waals surface area contributed by atoms with Crippen molar-refractivity contribution in [2.24, 2.45) is 0 Å². The summed E-state index contributed by atoms with van der Waals surface area (Å²) in [5.41, 5.74) is 0.949. The fourth-order valence-electron chi connectivity index (χ4n) is 3.01. The van der Waals surface area contributed by atoms with Crippen LogP contribution in [0.5, 0.6) is 0 Å². The second-order valence-corrected chi connectivity index (χ2v) is 6.27. The molecule has 1 aliphatic rings. The number of nitrogens with one attached hydrogen (secondary N) is 1. The quantitative estimate of drug-likeness (QED) is 0.780. The summed E-state index contributed by atoms with van der Waals surface area (Å²) < 4.78 is 5.47. The van der Waals surface area contributed by atoms with E-state index >= 15 is 0 Å². The topological polar surface area (TPSA) is 74.5 Å². The molecule has 1 atom stereocenters. The van der Waals surface area contributed by atoms with Gasteiger partial charge in [0.2, 0.25) is 17.6 Å². The molecular weight excluding hydrogens is 389 g/mol. The molecule has 0 aliphatic carbocycles. The Kier molecular flexibility index (Phi) is 9.73. The molecule has 150 valence electrons. The van der Waals surface area contributed by atoms with Gasteiger partial charge in [0.25, 0.3) is 0 Å². The van der Waals surface area contributed by atoms with E-state index < -0.39 is 0 Å². The highest BCUT2D eigenvalue weighted by atomic mass is 35.5. The average Bonchev–Trinajstić information content (AvgIpc) is 3.16. The number of amides is 1. The molecule has 1 N–H and O–H groups in total. The lowest BCUT2D eigenvalue weighted by Crippen LogP contribution is -2.49. The van der Waals surface area contributed by atoms with E-state index in [0.29, 0.717) is 18.1 Å². The highest BCUT2D eigenvalue weighted by Gasteiger charge is 2.27. The first kappa shape index (κ1) is 23.4. The molecule has 1 aromatic heterocycles. The predicted octanol–water partition coefficient (Wildman–Crippen LogP) is 2.39. The molecule has 3 rings (SSSR count). The molecule has 7 nitrogen and oxygen atoms in total. The Bertz CT molecular complexity index is 690. The second-order valence-electron chi connectivity index (χ2n) is 6.27. The Hall–Kier alpha value is -1.67. The summed E-state index contributed by atoms with van der Waals surface area (Å²) in [6.45, 7) is 5.91. The lowest BCUT2D eigenvalue weighted by molar-refractivity contribution is -0.133. The van der Waals surface area contributed by atoms with Crippen LogP contribution in [0, 0.1) is 0 Å². The lowest BCUT2D eigenvalue weighted by atomic mass is 10.2. The third kappa shape index (κ3) is 5.90. The van der Waals surface area contributed by atoms with Crippen LogP contribution < -0.4 is 5.32 Å². The van der Waals surface area contributed by atoms with Crippen molar-refractivity contribution in [3.05, 3.63) is 36.2 Å². The molecule has 1 fully saturated rings. The van der Waals surface area contributed by atoms with Crippen molar-refractivity contribution in [1.82, 2.24) is 25.3 Å². The molecule has 2 heterocycles. The maximum Gasteiger partial charge on any atom is 0.244 e. The predicted molar refractivity (Wildman–Crippen MR) is 109 cm³/mol. The summed E-state index contributed by atoms with van der Waals surface area (Å²) >= 11 is 0.